The molecule has 0 aliphatic heterocycles. The molecular formula is C16H14IO4+. The molecule has 0 saturated carbocycles. The molecule has 0 N–H and O–H groups in total. The van der Waals surface area contributed by atoms with Gasteiger partial charge in [-0.2, -0.15) is 0 Å². The molecule has 0 spiro atoms. The first-order valence-electron chi connectivity index (χ1n) is 6.17. The van der Waals surface area contributed by atoms with Crippen LogP contribution in [0, 0.1) is 7.14 Å². The number of benzene rings is 2. The van der Waals surface area contributed by atoms with Crippen LogP contribution in [0.25, 0.3) is 0 Å². The van der Waals surface area contributed by atoms with Gasteiger partial charge < -0.3 is 9.47 Å². The van der Waals surface area contributed by atoms with E-state index in [0.29, 0.717) is 11.1 Å². The van der Waals surface area contributed by atoms with Gasteiger partial charge in [-0.1, -0.05) is 24.3 Å². The van der Waals surface area contributed by atoms with Crippen LogP contribution in [0.1, 0.15) is 20.7 Å². The number of rotatable bonds is 4. The zero-order valence-electron chi connectivity index (χ0n) is 11.6. The van der Waals surface area contributed by atoms with E-state index in [0.717, 1.165) is 7.14 Å². The Morgan fingerprint density at radius 1 is 0.762 bits per heavy atom. The van der Waals surface area contributed by atoms with Gasteiger partial charge in [-0.3, -0.25) is 0 Å². The van der Waals surface area contributed by atoms with Crippen molar-refractivity contribution in [3.63, 3.8) is 0 Å². The van der Waals surface area contributed by atoms with Gasteiger partial charge in [0, 0.05) is 0 Å². The third-order valence-electron chi connectivity index (χ3n) is 2.76. The Hall–Kier alpha value is -1.89. The maximum Gasteiger partial charge on any atom is 0.359 e. The first-order valence-corrected chi connectivity index (χ1v) is 8.32. The van der Waals surface area contributed by atoms with Gasteiger partial charge in [-0.15, -0.1) is 0 Å². The van der Waals surface area contributed by atoms with E-state index < -0.39 is 21.2 Å². The van der Waals surface area contributed by atoms with E-state index in [1.54, 1.807) is 24.3 Å². The van der Waals surface area contributed by atoms with Gasteiger partial charge in [-0.25, -0.2) is 9.59 Å². The summed E-state index contributed by atoms with van der Waals surface area (Å²) in [6, 6.07) is 14.6. The summed E-state index contributed by atoms with van der Waals surface area (Å²) in [5.74, 6) is -0.721. The first-order chi connectivity index (χ1) is 10.2. The second-order valence-electron chi connectivity index (χ2n) is 4.04. The molecule has 0 saturated heterocycles. The van der Waals surface area contributed by atoms with E-state index in [1.165, 1.54) is 14.2 Å². The number of methoxy groups -OCH3 is 2. The number of esters is 2. The molecule has 0 amide bonds. The standard InChI is InChI=1S/C16H14IO4/c1-20-15(18)11-7-3-5-9-13(11)17-14-10-6-4-8-12(14)16(19)21-2/h3-10H,1-2H3/q+1. The molecule has 0 bridgehead atoms. The molecule has 0 aromatic heterocycles. The largest absolute Gasteiger partial charge is 0.465 e. The molecule has 0 atom stereocenters. The van der Waals surface area contributed by atoms with Gasteiger partial charge in [0.2, 0.25) is 7.14 Å². The van der Waals surface area contributed by atoms with Crippen LogP contribution in [-0.4, -0.2) is 26.2 Å². The SMILES string of the molecule is COC(=O)c1ccccc1[I+]c1ccccc1C(=O)OC. The van der Waals surface area contributed by atoms with Crippen molar-refractivity contribution in [3.05, 3.63) is 66.8 Å². The van der Waals surface area contributed by atoms with Crippen LogP contribution in [0.15, 0.2) is 48.5 Å². The molecule has 0 heterocycles. The Morgan fingerprint density at radius 3 is 1.52 bits per heavy atom. The molecule has 0 unspecified atom stereocenters. The van der Waals surface area contributed by atoms with Crippen molar-refractivity contribution in [2.45, 2.75) is 0 Å². The third kappa shape index (κ3) is 3.60. The van der Waals surface area contributed by atoms with Gasteiger partial charge in [0.05, 0.1) is 14.2 Å². The minimum absolute atomic E-state index is 0.360. The highest BCUT2D eigenvalue weighted by molar-refractivity contribution is 5.89. The van der Waals surface area contributed by atoms with E-state index >= 15 is 0 Å². The van der Waals surface area contributed by atoms with Gasteiger partial charge >= 0.3 is 33.1 Å². The lowest BCUT2D eigenvalue weighted by Gasteiger charge is -2.00. The lowest BCUT2D eigenvalue weighted by atomic mass is 10.2. The molecule has 0 aliphatic rings. The molecular weight excluding hydrogens is 383 g/mol. The summed E-state index contributed by atoms with van der Waals surface area (Å²) < 4.78 is 11.4. The number of ether oxygens (including phenoxy) is 2. The average molecular weight is 397 g/mol. The third-order valence-corrected chi connectivity index (χ3v) is 5.81. The van der Waals surface area contributed by atoms with Crippen molar-refractivity contribution in [2.75, 3.05) is 14.2 Å². The van der Waals surface area contributed by atoms with Crippen LogP contribution >= 0.6 is 0 Å². The summed E-state index contributed by atoms with van der Waals surface area (Å²) >= 11 is -0.696. The molecule has 21 heavy (non-hydrogen) atoms. The number of carbonyl (C=O) groups is 2. The van der Waals surface area contributed by atoms with Crippen molar-refractivity contribution in [3.8, 4) is 0 Å². The summed E-state index contributed by atoms with van der Waals surface area (Å²) in [6.45, 7) is 0. The quantitative estimate of drug-likeness (QED) is 0.511. The van der Waals surface area contributed by atoms with Gasteiger partial charge in [0.25, 0.3) is 0 Å². The van der Waals surface area contributed by atoms with Crippen LogP contribution < -0.4 is 21.2 Å². The van der Waals surface area contributed by atoms with Crippen molar-refractivity contribution in [1.29, 1.82) is 0 Å². The Balaban J connectivity index is 2.40. The summed E-state index contributed by atoms with van der Waals surface area (Å²) in [6.07, 6.45) is 0. The minimum atomic E-state index is -0.696. The fourth-order valence-corrected chi connectivity index (χ4v) is 4.53. The van der Waals surface area contributed by atoms with Crippen molar-refractivity contribution in [2.24, 2.45) is 0 Å². The van der Waals surface area contributed by atoms with Crippen LogP contribution in [0.5, 0.6) is 0 Å². The van der Waals surface area contributed by atoms with Crippen LogP contribution in [0.3, 0.4) is 0 Å². The maximum absolute atomic E-state index is 11.8. The van der Waals surface area contributed by atoms with Crippen molar-refractivity contribution in [1.82, 2.24) is 0 Å². The Labute approximate surface area is 133 Å². The van der Waals surface area contributed by atoms with E-state index in [4.69, 9.17) is 9.47 Å². The van der Waals surface area contributed by atoms with Crippen LogP contribution in [0.2, 0.25) is 0 Å². The first kappa shape index (κ1) is 15.5. The summed E-state index contributed by atoms with van der Waals surface area (Å²) in [5.41, 5.74) is 1.10. The topological polar surface area (TPSA) is 52.6 Å². The highest BCUT2D eigenvalue weighted by Crippen LogP contribution is 2.03. The Morgan fingerprint density at radius 2 is 1.14 bits per heavy atom. The number of halogens is 1. The van der Waals surface area contributed by atoms with E-state index in [2.05, 4.69) is 0 Å². The smallest absolute Gasteiger partial charge is 0.359 e. The molecule has 2 aromatic rings. The van der Waals surface area contributed by atoms with E-state index in [1.807, 2.05) is 24.3 Å². The number of hydrogen-bond donors (Lipinski definition) is 0. The highest BCUT2D eigenvalue weighted by Gasteiger charge is 2.28. The van der Waals surface area contributed by atoms with E-state index in [9.17, 15) is 9.59 Å². The van der Waals surface area contributed by atoms with Crippen molar-refractivity contribution < 1.29 is 40.3 Å². The highest BCUT2D eigenvalue weighted by atomic mass is 127. The fraction of sp³-hybridized carbons (Fsp3) is 0.125. The monoisotopic (exact) mass is 397 g/mol. The predicted molar refractivity (Wildman–Crippen MR) is 73.0 cm³/mol. The number of hydrogen-bond acceptors (Lipinski definition) is 4. The summed E-state index contributed by atoms with van der Waals surface area (Å²) in [4.78, 5) is 23.6. The molecule has 4 nitrogen and oxygen atoms in total. The second-order valence-corrected chi connectivity index (χ2v) is 6.90. The van der Waals surface area contributed by atoms with E-state index in [-0.39, 0.29) is 11.9 Å². The molecule has 0 radical (unpaired) electrons. The van der Waals surface area contributed by atoms with Gasteiger partial charge in [0.15, 0.2) is 0 Å². The molecule has 5 heteroatoms. The normalized spacial score (nSPS) is 10.0. The lowest BCUT2D eigenvalue weighted by Crippen LogP contribution is -3.62. The van der Waals surface area contributed by atoms with Crippen LogP contribution in [0.4, 0.5) is 0 Å². The molecule has 108 valence electrons. The van der Waals surface area contributed by atoms with Crippen LogP contribution in [-0.2, 0) is 9.47 Å². The van der Waals surface area contributed by atoms with Gasteiger partial charge in [-0.05, 0) is 24.3 Å². The zero-order valence-corrected chi connectivity index (χ0v) is 13.8. The molecule has 2 aromatic carbocycles. The summed E-state index contributed by atoms with van der Waals surface area (Å²) in [5, 5.41) is 0. The lowest BCUT2D eigenvalue weighted by molar-refractivity contribution is -0.598. The molecule has 0 fully saturated rings. The van der Waals surface area contributed by atoms with Crippen molar-refractivity contribution >= 4 is 11.9 Å². The minimum Gasteiger partial charge on any atom is -0.465 e. The zero-order chi connectivity index (χ0) is 15.2. The molecule has 0 aliphatic carbocycles. The second kappa shape index (κ2) is 7.21. The summed E-state index contributed by atoms with van der Waals surface area (Å²) in [7, 11) is 2.72. The maximum atomic E-state index is 11.8. The fourth-order valence-electron chi connectivity index (χ4n) is 1.75. The Kier molecular flexibility index (Phi) is 5.32. The average Bonchev–Trinajstić information content (AvgIpc) is 2.54. The Bertz CT molecular complexity index is 609. The molecule has 2 rings (SSSR count). The predicted octanol–water partition coefficient (Wildman–Crippen LogP) is -0.612. The van der Waals surface area contributed by atoms with Gasteiger partial charge in [0.1, 0.15) is 11.1 Å². The number of carbonyl (C=O) groups excluding carboxylic acids is 2.